The van der Waals surface area contributed by atoms with Crippen LogP contribution in [0.25, 0.3) is 0 Å². The molecule has 1 aliphatic rings. The van der Waals surface area contributed by atoms with Crippen molar-refractivity contribution in [3.8, 4) is 0 Å². The minimum absolute atomic E-state index is 0.361. The van der Waals surface area contributed by atoms with Crippen LogP contribution in [0.5, 0.6) is 0 Å². The number of aryl methyl sites for hydroxylation is 1. The lowest BCUT2D eigenvalue weighted by atomic mass is 10.1. The average Bonchev–Trinajstić information content (AvgIpc) is 2.83. The highest BCUT2D eigenvalue weighted by Gasteiger charge is 2.32. The van der Waals surface area contributed by atoms with Crippen LogP contribution in [0.1, 0.15) is 37.8 Å². The molecule has 0 bridgehead atoms. The van der Waals surface area contributed by atoms with E-state index in [1.165, 1.54) is 6.42 Å². The Morgan fingerprint density at radius 1 is 1.56 bits per heavy atom. The van der Waals surface area contributed by atoms with Gasteiger partial charge in [-0.3, -0.25) is 4.90 Å². The smallest absolute Gasteiger partial charge is 0.121 e. The van der Waals surface area contributed by atoms with Gasteiger partial charge in [0.15, 0.2) is 0 Å². The molecule has 2 heterocycles. The van der Waals surface area contributed by atoms with Crippen LogP contribution < -0.4 is 5.73 Å². The zero-order chi connectivity index (χ0) is 11.7. The Bertz CT molecular complexity index is 347. The molecule has 0 amide bonds. The van der Waals surface area contributed by atoms with Gasteiger partial charge in [0.05, 0.1) is 6.04 Å². The van der Waals surface area contributed by atoms with E-state index in [9.17, 15) is 0 Å². The van der Waals surface area contributed by atoms with Crippen LogP contribution in [-0.2, 0) is 0 Å². The molecule has 3 atom stereocenters. The molecule has 1 aromatic rings. The highest BCUT2D eigenvalue weighted by Crippen LogP contribution is 2.32. The third-order valence-electron chi connectivity index (χ3n) is 3.71. The van der Waals surface area contributed by atoms with Crippen molar-refractivity contribution in [2.75, 3.05) is 13.1 Å². The van der Waals surface area contributed by atoms with E-state index in [4.69, 9.17) is 10.2 Å². The number of nitrogens with two attached hydrogens (primary N) is 1. The maximum atomic E-state index is 5.75. The molecule has 1 fully saturated rings. The molecular weight excluding hydrogens is 200 g/mol. The molecule has 1 aliphatic heterocycles. The van der Waals surface area contributed by atoms with E-state index in [1.807, 2.05) is 13.0 Å². The Balaban J connectivity index is 2.07. The van der Waals surface area contributed by atoms with Crippen LogP contribution >= 0.6 is 0 Å². The van der Waals surface area contributed by atoms with Crippen LogP contribution in [0.2, 0.25) is 0 Å². The fraction of sp³-hybridized carbons (Fsp3) is 0.692. The number of likely N-dealkylation sites (tertiary alicyclic amines) is 1. The van der Waals surface area contributed by atoms with Gasteiger partial charge in [-0.1, -0.05) is 0 Å². The van der Waals surface area contributed by atoms with Crippen LogP contribution in [0, 0.1) is 12.8 Å². The third-order valence-corrected chi connectivity index (χ3v) is 3.71. The highest BCUT2D eigenvalue weighted by atomic mass is 16.3. The molecule has 3 nitrogen and oxygen atoms in total. The first kappa shape index (κ1) is 11.7. The zero-order valence-corrected chi connectivity index (χ0v) is 10.4. The van der Waals surface area contributed by atoms with Gasteiger partial charge in [0.2, 0.25) is 0 Å². The maximum Gasteiger partial charge on any atom is 0.121 e. The largest absolute Gasteiger partial charge is 0.465 e. The lowest BCUT2D eigenvalue weighted by Crippen LogP contribution is -2.30. The fourth-order valence-electron chi connectivity index (χ4n) is 2.72. The molecular formula is C13H22N2O. The fourth-order valence-corrected chi connectivity index (χ4v) is 2.72. The van der Waals surface area contributed by atoms with Crippen LogP contribution in [0.3, 0.4) is 0 Å². The van der Waals surface area contributed by atoms with E-state index in [2.05, 4.69) is 24.8 Å². The van der Waals surface area contributed by atoms with Gasteiger partial charge in [0.25, 0.3) is 0 Å². The summed E-state index contributed by atoms with van der Waals surface area (Å²) in [6.45, 7) is 8.38. The molecule has 0 aromatic carbocycles. The molecule has 1 aromatic heterocycles. The van der Waals surface area contributed by atoms with Crippen molar-refractivity contribution in [3.63, 3.8) is 0 Å². The monoisotopic (exact) mass is 222 g/mol. The van der Waals surface area contributed by atoms with Gasteiger partial charge in [-0.05, 0) is 51.8 Å². The van der Waals surface area contributed by atoms with Crippen molar-refractivity contribution in [2.24, 2.45) is 11.7 Å². The Morgan fingerprint density at radius 2 is 2.31 bits per heavy atom. The average molecular weight is 222 g/mol. The standard InChI is InChI=1S/C13H22N2O/c1-9-6-12(7-14)8-15(9)11(3)13-5-4-10(2)16-13/h4-5,9,11-12H,6-8,14H2,1-3H3. The van der Waals surface area contributed by atoms with Crippen molar-refractivity contribution in [1.29, 1.82) is 0 Å². The first-order chi connectivity index (χ1) is 7.61. The third kappa shape index (κ3) is 2.15. The van der Waals surface area contributed by atoms with E-state index >= 15 is 0 Å². The molecule has 16 heavy (non-hydrogen) atoms. The summed E-state index contributed by atoms with van der Waals surface area (Å²) in [6.07, 6.45) is 1.21. The highest BCUT2D eigenvalue weighted by molar-refractivity contribution is 5.10. The Kier molecular flexibility index (Phi) is 3.36. The normalized spacial score (nSPS) is 28.5. The van der Waals surface area contributed by atoms with Gasteiger partial charge in [-0.2, -0.15) is 0 Å². The summed E-state index contributed by atoms with van der Waals surface area (Å²) in [7, 11) is 0. The first-order valence-electron chi connectivity index (χ1n) is 6.14. The summed E-state index contributed by atoms with van der Waals surface area (Å²) in [6, 6.07) is 5.09. The van der Waals surface area contributed by atoms with Crippen molar-refractivity contribution < 1.29 is 4.42 Å². The summed E-state index contributed by atoms with van der Waals surface area (Å²) in [5.41, 5.74) is 5.75. The summed E-state index contributed by atoms with van der Waals surface area (Å²) >= 11 is 0. The van der Waals surface area contributed by atoms with Gasteiger partial charge >= 0.3 is 0 Å². The number of rotatable bonds is 3. The van der Waals surface area contributed by atoms with E-state index in [0.29, 0.717) is 18.0 Å². The summed E-state index contributed by atoms with van der Waals surface area (Å²) < 4.78 is 5.70. The van der Waals surface area contributed by atoms with Crippen molar-refractivity contribution in [1.82, 2.24) is 4.90 Å². The lowest BCUT2D eigenvalue weighted by Gasteiger charge is -2.27. The van der Waals surface area contributed by atoms with Gasteiger partial charge in [-0.15, -0.1) is 0 Å². The van der Waals surface area contributed by atoms with Gasteiger partial charge in [0, 0.05) is 12.6 Å². The number of hydrogen-bond donors (Lipinski definition) is 1. The Labute approximate surface area is 97.6 Å². The zero-order valence-electron chi connectivity index (χ0n) is 10.4. The number of hydrogen-bond acceptors (Lipinski definition) is 3. The molecule has 0 saturated carbocycles. The Hall–Kier alpha value is -0.800. The SMILES string of the molecule is Cc1ccc(C(C)N2CC(CN)CC2C)o1. The van der Waals surface area contributed by atoms with E-state index in [-0.39, 0.29) is 0 Å². The molecule has 2 rings (SSSR count). The second kappa shape index (κ2) is 4.60. The molecule has 0 aliphatic carbocycles. The number of furan rings is 1. The lowest BCUT2D eigenvalue weighted by molar-refractivity contribution is 0.177. The van der Waals surface area contributed by atoms with Crippen LogP contribution in [0.4, 0.5) is 0 Å². The number of nitrogens with zero attached hydrogens (tertiary/aromatic N) is 1. The topological polar surface area (TPSA) is 42.4 Å². The Morgan fingerprint density at radius 3 is 2.81 bits per heavy atom. The van der Waals surface area contributed by atoms with E-state index in [0.717, 1.165) is 24.6 Å². The van der Waals surface area contributed by atoms with Gasteiger partial charge in [0.1, 0.15) is 11.5 Å². The molecule has 1 saturated heterocycles. The second-order valence-corrected chi connectivity index (χ2v) is 5.01. The van der Waals surface area contributed by atoms with E-state index in [1.54, 1.807) is 0 Å². The summed E-state index contributed by atoms with van der Waals surface area (Å²) in [5.74, 6) is 2.71. The predicted molar refractivity (Wildman–Crippen MR) is 65.2 cm³/mol. The molecule has 2 N–H and O–H groups in total. The molecule has 0 radical (unpaired) electrons. The molecule has 3 heteroatoms. The van der Waals surface area contributed by atoms with E-state index < -0.39 is 0 Å². The van der Waals surface area contributed by atoms with Crippen LogP contribution in [0.15, 0.2) is 16.5 Å². The molecule has 3 unspecified atom stereocenters. The quantitative estimate of drug-likeness (QED) is 0.853. The van der Waals surface area contributed by atoms with Gasteiger partial charge < -0.3 is 10.2 Å². The summed E-state index contributed by atoms with van der Waals surface area (Å²) in [5, 5.41) is 0. The van der Waals surface area contributed by atoms with Crippen molar-refractivity contribution in [3.05, 3.63) is 23.7 Å². The van der Waals surface area contributed by atoms with Crippen molar-refractivity contribution in [2.45, 2.75) is 39.3 Å². The van der Waals surface area contributed by atoms with Crippen LogP contribution in [-0.4, -0.2) is 24.0 Å². The first-order valence-corrected chi connectivity index (χ1v) is 6.14. The van der Waals surface area contributed by atoms with Gasteiger partial charge in [-0.25, -0.2) is 0 Å². The molecule has 0 spiro atoms. The minimum atomic E-state index is 0.361. The molecule has 90 valence electrons. The predicted octanol–water partition coefficient (Wildman–Crippen LogP) is 2.32. The van der Waals surface area contributed by atoms with Crippen molar-refractivity contribution >= 4 is 0 Å². The second-order valence-electron chi connectivity index (χ2n) is 5.01. The summed E-state index contributed by atoms with van der Waals surface area (Å²) in [4.78, 5) is 2.50. The minimum Gasteiger partial charge on any atom is -0.465 e. The maximum absolute atomic E-state index is 5.75.